The van der Waals surface area contributed by atoms with Crippen LogP contribution in [0.5, 0.6) is 11.5 Å². The van der Waals surface area contributed by atoms with Gasteiger partial charge in [0.05, 0.1) is 17.8 Å². The zero-order chi connectivity index (χ0) is 28.0. The molecule has 0 spiro atoms. The Labute approximate surface area is 220 Å². The number of benzene rings is 3. The van der Waals surface area contributed by atoms with E-state index in [1.165, 1.54) is 54.6 Å². The first kappa shape index (κ1) is 25.3. The third-order valence-electron chi connectivity index (χ3n) is 6.66. The fraction of sp³-hybridized carbons (Fsp3) is 0.103. The number of aromatic nitrogens is 1. The van der Waals surface area contributed by atoms with E-state index in [1.54, 1.807) is 24.6 Å². The van der Waals surface area contributed by atoms with Crippen molar-refractivity contribution in [1.82, 2.24) is 9.88 Å². The van der Waals surface area contributed by atoms with Crippen LogP contribution in [-0.2, 0) is 13.6 Å². The molecule has 1 aliphatic carbocycles. The molecule has 1 aromatic heterocycles. The third kappa shape index (κ3) is 4.48. The highest BCUT2D eigenvalue weighted by molar-refractivity contribution is 6.09. The Morgan fingerprint density at radius 1 is 0.949 bits per heavy atom. The van der Waals surface area contributed by atoms with Crippen LogP contribution in [0.2, 0.25) is 0 Å². The lowest BCUT2D eigenvalue weighted by atomic mass is 9.89. The van der Waals surface area contributed by atoms with E-state index in [1.807, 2.05) is 0 Å². The van der Waals surface area contributed by atoms with E-state index in [-0.39, 0.29) is 51.5 Å². The van der Waals surface area contributed by atoms with Crippen LogP contribution in [0.4, 0.5) is 0 Å². The minimum Gasteiger partial charge on any atom is -0.508 e. The molecule has 2 heterocycles. The van der Waals surface area contributed by atoms with Gasteiger partial charge in [0.15, 0.2) is 11.2 Å². The molecule has 2 aromatic carbocycles. The SMILES string of the molecule is Cc1cc(=O)c(O)c(CNC(=O)c2ccc(C(=O)O)c(-c3c4ccc(=O)cc-4oc4cc(O)ccc34)c2)n1C. The van der Waals surface area contributed by atoms with Gasteiger partial charge in [0.25, 0.3) is 5.91 Å². The fourth-order valence-electron chi connectivity index (χ4n) is 4.57. The summed E-state index contributed by atoms with van der Waals surface area (Å²) < 4.78 is 7.42. The highest BCUT2D eigenvalue weighted by Crippen LogP contribution is 2.42. The van der Waals surface area contributed by atoms with Crippen molar-refractivity contribution in [2.45, 2.75) is 13.5 Å². The van der Waals surface area contributed by atoms with Gasteiger partial charge in [-0.05, 0) is 55.0 Å². The number of hydrogen-bond donors (Lipinski definition) is 4. The summed E-state index contributed by atoms with van der Waals surface area (Å²) in [5, 5.41) is 33.3. The van der Waals surface area contributed by atoms with E-state index in [4.69, 9.17) is 4.42 Å². The van der Waals surface area contributed by atoms with Crippen LogP contribution in [0.25, 0.3) is 33.4 Å². The maximum absolute atomic E-state index is 13.2. The van der Waals surface area contributed by atoms with Gasteiger partial charge in [-0.3, -0.25) is 14.4 Å². The smallest absolute Gasteiger partial charge is 0.336 e. The normalized spacial score (nSPS) is 11.1. The van der Waals surface area contributed by atoms with Gasteiger partial charge in [0.1, 0.15) is 17.1 Å². The number of nitrogens with one attached hydrogen (secondary N) is 1. The number of carboxylic acid groups (broad SMARTS) is 1. The molecule has 0 unspecified atom stereocenters. The highest BCUT2D eigenvalue weighted by Gasteiger charge is 2.23. The van der Waals surface area contributed by atoms with Crippen molar-refractivity contribution in [3.8, 4) is 33.9 Å². The van der Waals surface area contributed by atoms with Crippen molar-refractivity contribution < 1.29 is 29.3 Å². The second kappa shape index (κ2) is 9.49. The van der Waals surface area contributed by atoms with Gasteiger partial charge in [-0.15, -0.1) is 0 Å². The van der Waals surface area contributed by atoms with Crippen molar-refractivity contribution >= 4 is 22.8 Å². The van der Waals surface area contributed by atoms with E-state index in [0.29, 0.717) is 22.2 Å². The molecule has 2 aliphatic rings. The molecule has 10 heteroatoms. The minimum atomic E-state index is -1.24. The maximum atomic E-state index is 13.2. The van der Waals surface area contributed by atoms with E-state index in [0.717, 1.165) is 0 Å². The number of hydrogen-bond acceptors (Lipinski definition) is 7. The van der Waals surface area contributed by atoms with Gasteiger partial charge >= 0.3 is 5.97 Å². The fourth-order valence-corrected chi connectivity index (χ4v) is 4.57. The van der Waals surface area contributed by atoms with Gasteiger partial charge in [-0.2, -0.15) is 0 Å². The summed E-state index contributed by atoms with van der Waals surface area (Å²) in [7, 11) is 1.65. The van der Waals surface area contributed by atoms with E-state index < -0.39 is 23.1 Å². The lowest BCUT2D eigenvalue weighted by molar-refractivity contribution is 0.0697. The molecular formula is C29H22N2O8. The number of carbonyl (C=O) groups is 2. The molecule has 10 nitrogen and oxygen atoms in total. The third-order valence-corrected chi connectivity index (χ3v) is 6.66. The average Bonchev–Trinajstić information content (AvgIpc) is 2.89. The second-order valence-electron chi connectivity index (χ2n) is 9.07. The predicted molar refractivity (Wildman–Crippen MR) is 142 cm³/mol. The van der Waals surface area contributed by atoms with Crippen LogP contribution in [-0.4, -0.2) is 31.8 Å². The zero-order valence-corrected chi connectivity index (χ0v) is 20.8. The summed E-state index contributed by atoms with van der Waals surface area (Å²) in [6.45, 7) is 1.54. The van der Waals surface area contributed by atoms with Crippen molar-refractivity contribution in [2.24, 2.45) is 7.05 Å². The quantitative estimate of drug-likeness (QED) is 0.253. The number of rotatable bonds is 5. The van der Waals surface area contributed by atoms with Gasteiger partial charge in [-0.1, -0.05) is 0 Å². The average molecular weight is 527 g/mol. The van der Waals surface area contributed by atoms with Crippen LogP contribution in [0, 0.1) is 6.92 Å². The number of fused-ring (bicyclic) bond motifs is 2. The topological polar surface area (TPSA) is 159 Å². The van der Waals surface area contributed by atoms with Gasteiger partial charge < -0.3 is 29.6 Å². The maximum Gasteiger partial charge on any atom is 0.336 e. The van der Waals surface area contributed by atoms with Crippen LogP contribution >= 0.6 is 0 Å². The Morgan fingerprint density at radius 2 is 1.72 bits per heavy atom. The summed E-state index contributed by atoms with van der Waals surface area (Å²) in [5.41, 5.74) is 1.18. The molecular weight excluding hydrogens is 504 g/mol. The molecule has 0 radical (unpaired) electrons. The monoisotopic (exact) mass is 526 g/mol. The molecule has 0 saturated heterocycles. The van der Waals surface area contributed by atoms with Crippen LogP contribution in [0.1, 0.15) is 32.1 Å². The summed E-state index contributed by atoms with van der Waals surface area (Å²) >= 11 is 0. The zero-order valence-electron chi connectivity index (χ0n) is 20.8. The van der Waals surface area contributed by atoms with E-state index >= 15 is 0 Å². The molecule has 3 aromatic rings. The second-order valence-corrected chi connectivity index (χ2v) is 9.07. The van der Waals surface area contributed by atoms with Gasteiger partial charge in [0.2, 0.25) is 5.43 Å². The van der Waals surface area contributed by atoms with E-state index in [2.05, 4.69) is 5.32 Å². The number of phenolic OH excluding ortho intramolecular Hbond substituents is 1. The predicted octanol–water partition coefficient (Wildman–Crippen LogP) is 3.61. The van der Waals surface area contributed by atoms with Crippen molar-refractivity contribution in [2.75, 3.05) is 0 Å². The summed E-state index contributed by atoms with van der Waals surface area (Å²) in [6, 6.07) is 13.8. The molecule has 4 N–H and O–H groups in total. The molecule has 1 aliphatic heterocycles. The van der Waals surface area contributed by atoms with Crippen LogP contribution < -0.4 is 16.2 Å². The summed E-state index contributed by atoms with van der Waals surface area (Å²) in [6.07, 6.45) is 0. The molecule has 0 atom stereocenters. The molecule has 0 fully saturated rings. The number of amides is 1. The Hall–Kier alpha value is -5.38. The van der Waals surface area contributed by atoms with Crippen molar-refractivity contribution in [3.63, 3.8) is 0 Å². The molecule has 5 rings (SSSR count). The van der Waals surface area contributed by atoms with Crippen molar-refractivity contribution in [3.05, 3.63) is 104 Å². The number of carboxylic acids is 1. The molecule has 39 heavy (non-hydrogen) atoms. The number of aromatic hydroxyl groups is 2. The Kier molecular flexibility index (Phi) is 6.15. The summed E-state index contributed by atoms with van der Waals surface area (Å²) in [4.78, 5) is 49.5. The summed E-state index contributed by atoms with van der Waals surface area (Å²) in [5.74, 6) is -2.20. The molecule has 0 bridgehead atoms. The number of aromatic carboxylic acids is 1. The first-order valence-corrected chi connectivity index (χ1v) is 11.8. The Bertz CT molecular complexity index is 1900. The van der Waals surface area contributed by atoms with Gasteiger partial charge in [0, 0.05) is 53.0 Å². The van der Waals surface area contributed by atoms with Crippen molar-refractivity contribution in [1.29, 1.82) is 0 Å². The van der Waals surface area contributed by atoms with E-state index in [9.17, 15) is 34.5 Å². The lowest BCUT2D eigenvalue weighted by Gasteiger charge is -2.18. The standard InChI is InChI=1S/C29H22N2O8/c1-14-9-23(34)27(35)22(31(14)2)13-30-28(36)15-3-6-18(29(37)38)21(10-15)26-19-7-4-16(32)11-24(19)39-25-12-17(33)5-8-20(25)26/h3-12,32,35H,13H2,1-2H3,(H,30,36)(H,37,38). The Balaban J connectivity index is 1.66. The largest absolute Gasteiger partial charge is 0.508 e. The number of pyridine rings is 1. The first-order chi connectivity index (χ1) is 18.5. The van der Waals surface area contributed by atoms with Gasteiger partial charge in [-0.25, -0.2) is 4.79 Å². The molecule has 0 saturated carbocycles. The van der Waals surface area contributed by atoms with Crippen LogP contribution in [0.15, 0.2) is 74.7 Å². The lowest BCUT2D eigenvalue weighted by Crippen LogP contribution is -2.26. The number of nitrogens with zero attached hydrogens (tertiary/aromatic N) is 1. The minimum absolute atomic E-state index is 0.0878. The number of carbonyl (C=O) groups excluding carboxylic acids is 1. The highest BCUT2D eigenvalue weighted by atomic mass is 16.4. The number of aryl methyl sites for hydroxylation is 1. The molecule has 1 amide bonds. The molecule has 196 valence electrons. The number of phenols is 1. The Morgan fingerprint density at radius 3 is 2.46 bits per heavy atom. The first-order valence-electron chi connectivity index (χ1n) is 11.8. The van der Waals surface area contributed by atoms with Crippen LogP contribution in [0.3, 0.4) is 0 Å².